The van der Waals surface area contributed by atoms with E-state index < -0.39 is 90.1 Å². The zero-order chi connectivity index (χ0) is 45.3. The third kappa shape index (κ3) is 14.6. The number of unbranched alkanes of at least 4 members (excludes halogenated alkanes) is 1. The summed E-state index contributed by atoms with van der Waals surface area (Å²) >= 11 is 0. The minimum Gasteiger partial charge on any atom is -0.368 e. The molecule has 3 unspecified atom stereocenters. The van der Waals surface area contributed by atoms with Crippen molar-refractivity contribution in [2.45, 2.75) is 88.6 Å². The highest BCUT2D eigenvalue weighted by molar-refractivity contribution is 8.76. The lowest BCUT2D eigenvalue weighted by molar-refractivity contribution is -0.134. The Morgan fingerprint density at radius 3 is 2.27 bits per heavy atom. The number of aromatic nitrogens is 3. The first-order chi connectivity index (χ1) is 30.3. The molecule has 4 aromatic rings. The number of imidazole rings is 1. The molecule has 1 fully saturated rings. The Bertz CT molecular complexity index is 2220. The lowest BCUT2D eigenvalue weighted by Gasteiger charge is -2.26. The number of primary amides is 1. The maximum atomic E-state index is 14.2. The Hall–Kier alpha value is -6.35. The lowest BCUT2D eigenvalue weighted by Crippen LogP contribution is -2.59. The molecule has 0 aliphatic carbocycles. The first kappa shape index (κ1) is 47.7. The molecular formula is C42H53N11O8S2. The van der Waals surface area contributed by atoms with Crippen molar-refractivity contribution in [3.8, 4) is 0 Å². The first-order valence-electron chi connectivity index (χ1n) is 20.5. The van der Waals surface area contributed by atoms with E-state index in [2.05, 4.69) is 52.2 Å². The van der Waals surface area contributed by atoms with E-state index in [1.54, 1.807) is 36.5 Å². The SMILES string of the molecule is CCCC[C@H](NC(C)=O)C(=O)NC1CSSCC(C(=O)N[C@@H](Cc2c[nH]c3ccccc23)C(N)=O)NC(=O)CNC(=O)C(Cc2ccccc2)NC(=O)[C@H](Cc2cnc[nH]2)NC1=O. The topological polar surface area (TPSA) is 291 Å². The zero-order valence-corrected chi connectivity index (χ0v) is 36.5. The van der Waals surface area contributed by atoms with Crippen LogP contribution in [0.25, 0.3) is 10.9 Å². The maximum absolute atomic E-state index is 14.2. The Labute approximate surface area is 371 Å². The summed E-state index contributed by atoms with van der Waals surface area (Å²) in [6.45, 7) is 2.63. The lowest BCUT2D eigenvalue weighted by atomic mass is 10.0. The van der Waals surface area contributed by atoms with Gasteiger partial charge < -0.3 is 52.9 Å². The number of hydrogen-bond acceptors (Lipinski definition) is 11. The van der Waals surface area contributed by atoms with Crippen molar-refractivity contribution in [1.82, 2.24) is 52.2 Å². The van der Waals surface area contributed by atoms with Gasteiger partial charge >= 0.3 is 0 Å². The fourth-order valence-electron chi connectivity index (χ4n) is 6.77. The van der Waals surface area contributed by atoms with Crippen LogP contribution in [0.1, 0.15) is 49.9 Å². The van der Waals surface area contributed by atoms with Crippen molar-refractivity contribution in [2.24, 2.45) is 5.73 Å². The summed E-state index contributed by atoms with van der Waals surface area (Å²) in [7, 11) is 2.18. The molecule has 1 saturated heterocycles. The molecule has 2 aromatic carbocycles. The highest BCUT2D eigenvalue weighted by atomic mass is 33.1. The molecule has 6 atom stereocenters. The van der Waals surface area contributed by atoms with Crippen LogP contribution in [-0.4, -0.2) is 117 Å². The third-order valence-corrected chi connectivity index (χ3v) is 12.5. The van der Waals surface area contributed by atoms with Crippen molar-refractivity contribution >= 4 is 79.7 Å². The van der Waals surface area contributed by atoms with Gasteiger partial charge in [0.2, 0.25) is 47.3 Å². The van der Waals surface area contributed by atoms with Crippen LogP contribution in [-0.2, 0) is 57.6 Å². The molecule has 1 aliphatic heterocycles. The van der Waals surface area contributed by atoms with Crippen molar-refractivity contribution in [2.75, 3.05) is 18.1 Å². The highest BCUT2D eigenvalue weighted by Gasteiger charge is 2.33. The minimum atomic E-state index is -1.28. The number of aromatic amines is 2. The zero-order valence-electron chi connectivity index (χ0n) is 34.9. The molecule has 63 heavy (non-hydrogen) atoms. The van der Waals surface area contributed by atoms with Crippen molar-refractivity contribution in [1.29, 1.82) is 0 Å². The number of carbonyl (C=O) groups excluding carboxylic acids is 8. The number of H-pyrrole nitrogens is 2. The van der Waals surface area contributed by atoms with E-state index in [0.717, 1.165) is 44.5 Å². The largest absolute Gasteiger partial charge is 0.368 e. The van der Waals surface area contributed by atoms with Gasteiger partial charge in [0.1, 0.15) is 36.3 Å². The van der Waals surface area contributed by atoms with E-state index in [1.165, 1.54) is 19.4 Å². The Morgan fingerprint density at radius 1 is 0.841 bits per heavy atom. The number of nitrogens with two attached hydrogens (primary N) is 1. The van der Waals surface area contributed by atoms with Crippen LogP contribution in [0.15, 0.2) is 73.3 Å². The second-order valence-corrected chi connectivity index (χ2v) is 17.5. The van der Waals surface area contributed by atoms with E-state index in [4.69, 9.17) is 5.73 Å². The van der Waals surface area contributed by atoms with Gasteiger partial charge in [-0.1, -0.05) is 89.9 Å². The van der Waals surface area contributed by atoms with Crippen molar-refractivity contribution < 1.29 is 38.4 Å². The molecule has 1 aliphatic rings. The molecule has 0 radical (unpaired) electrons. The summed E-state index contributed by atoms with van der Waals surface area (Å²) in [6, 6.07) is 9.08. The van der Waals surface area contributed by atoms with Gasteiger partial charge in [0.25, 0.3) is 0 Å². The minimum absolute atomic E-state index is 0.00891. The van der Waals surface area contributed by atoms with Crippen LogP contribution in [0.2, 0.25) is 0 Å². The third-order valence-electron chi connectivity index (χ3n) is 10.1. The Morgan fingerprint density at radius 2 is 1.56 bits per heavy atom. The predicted molar refractivity (Wildman–Crippen MR) is 238 cm³/mol. The molecular weight excluding hydrogens is 851 g/mol. The number of benzene rings is 2. The number of nitrogens with zero attached hydrogens (tertiary/aromatic N) is 1. The van der Waals surface area contributed by atoms with E-state index in [-0.39, 0.29) is 30.8 Å². The molecule has 2 aromatic heterocycles. The van der Waals surface area contributed by atoms with E-state index in [9.17, 15) is 38.4 Å². The van der Waals surface area contributed by atoms with Crippen LogP contribution >= 0.6 is 21.6 Å². The van der Waals surface area contributed by atoms with Crippen molar-refractivity contribution in [3.63, 3.8) is 0 Å². The van der Waals surface area contributed by atoms with Gasteiger partial charge in [-0.15, -0.1) is 0 Å². The van der Waals surface area contributed by atoms with Crippen LogP contribution < -0.4 is 43.0 Å². The smallest absolute Gasteiger partial charge is 0.244 e. The molecule has 0 bridgehead atoms. The molecule has 0 saturated carbocycles. The number of nitrogens with one attached hydrogen (secondary N) is 9. The van der Waals surface area contributed by atoms with Crippen molar-refractivity contribution in [3.05, 3.63) is 90.1 Å². The average Bonchev–Trinajstić information content (AvgIpc) is 3.94. The molecule has 5 rings (SSSR count). The number of hydrogen-bond donors (Lipinski definition) is 10. The Balaban J connectivity index is 1.43. The maximum Gasteiger partial charge on any atom is 0.244 e. The summed E-state index contributed by atoms with van der Waals surface area (Å²) in [5.41, 5.74) is 8.49. The summed E-state index contributed by atoms with van der Waals surface area (Å²) in [6.07, 6.45) is 6.24. The summed E-state index contributed by atoms with van der Waals surface area (Å²) in [4.78, 5) is 118. The summed E-state index contributed by atoms with van der Waals surface area (Å²) < 4.78 is 0. The van der Waals surface area contributed by atoms with E-state index >= 15 is 0 Å². The number of fused-ring (bicyclic) bond motifs is 1. The van der Waals surface area contributed by atoms with Gasteiger partial charge in [0, 0.05) is 66.7 Å². The Kier molecular flexibility index (Phi) is 18.0. The fraction of sp³-hybridized carbons (Fsp3) is 0.405. The van der Waals surface area contributed by atoms with Crippen LogP contribution in [0.5, 0.6) is 0 Å². The standard InChI is InChI=1S/C42H53N11O8S2/c1-3-4-13-30(48-24(2)54)39(58)53-35-22-63-62-21-34(41(60)50-31(37(43)56)16-26-18-45-29-14-9-8-12-28(26)29)49-36(55)20-46-38(57)32(15-25-10-6-5-7-11-25)51-40(59)33(52-42(35)61)17-27-19-44-23-47-27/h5-12,14,18-19,23,30-35,45H,3-4,13,15-17,20-22H2,1-2H3,(H2,43,56)(H,44,47)(H,46,57)(H,48,54)(H,49,55)(H,50,60)(H,51,59)(H,52,61)(H,53,58)/t30-,31-,32?,33-,34?,35?/m0/s1. The predicted octanol–water partition coefficient (Wildman–Crippen LogP) is 0.0343. The number of carbonyl (C=O) groups is 8. The van der Waals surface area contributed by atoms with Gasteiger partial charge in [0.15, 0.2) is 0 Å². The molecule has 0 spiro atoms. The van der Waals surface area contributed by atoms with Gasteiger partial charge in [-0.3, -0.25) is 38.4 Å². The van der Waals surface area contributed by atoms with E-state index in [0.29, 0.717) is 24.1 Å². The molecule has 3 heterocycles. The van der Waals surface area contributed by atoms with Gasteiger partial charge in [-0.25, -0.2) is 4.98 Å². The van der Waals surface area contributed by atoms with E-state index in [1.807, 2.05) is 31.2 Å². The second-order valence-electron chi connectivity index (χ2n) is 15.0. The number of amides is 8. The molecule has 21 heteroatoms. The number of rotatable bonds is 15. The average molecular weight is 904 g/mol. The number of para-hydroxylation sites is 1. The van der Waals surface area contributed by atoms with Crippen LogP contribution in [0.3, 0.4) is 0 Å². The molecule has 336 valence electrons. The molecule has 19 nitrogen and oxygen atoms in total. The summed E-state index contributed by atoms with van der Waals surface area (Å²) in [5, 5.41) is 19.5. The fourth-order valence-corrected chi connectivity index (χ4v) is 9.10. The van der Waals surface area contributed by atoms with Crippen LogP contribution in [0.4, 0.5) is 0 Å². The van der Waals surface area contributed by atoms with Gasteiger partial charge in [-0.05, 0) is 23.6 Å². The second kappa shape index (κ2) is 23.8. The first-order valence-corrected chi connectivity index (χ1v) is 23.0. The monoisotopic (exact) mass is 903 g/mol. The molecule has 8 amide bonds. The van der Waals surface area contributed by atoms with Gasteiger partial charge in [-0.2, -0.15) is 0 Å². The summed E-state index contributed by atoms with van der Waals surface area (Å²) in [5.74, 6) is -5.75. The van der Waals surface area contributed by atoms with Crippen LogP contribution in [0, 0.1) is 0 Å². The highest BCUT2D eigenvalue weighted by Crippen LogP contribution is 2.24. The normalized spacial score (nSPS) is 20.2. The van der Waals surface area contributed by atoms with Gasteiger partial charge in [0.05, 0.1) is 12.9 Å². The quantitative estimate of drug-likeness (QED) is 0.0711. The molecule has 11 N–H and O–H groups in total.